The first kappa shape index (κ1) is 20.5. The van der Waals surface area contributed by atoms with E-state index in [9.17, 15) is 4.79 Å². The number of hydrogen-bond donors (Lipinski definition) is 2. The molecule has 2 aromatic carbocycles. The number of hydrogen-bond acceptors (Lipinski definition) is 4. The van der Waals surface area contributed by atoms with E-state index in [1.54, 1.807) is 0 Å². The Labute approximate surface area is 185 Å². The zero-order valence-electron chi connectivity index (χ0n) is 16.8. The molecule has 2 N–H and O–H groups in total. The molecule has 1 amide bonds. The zero-order valence-corrected chi connectivity index (χ0v) is 18.4. The number of rotatable bonds is 6. The molecule has 30 heavy (non-hydrogen) atoms. The van der Waals surface area contributed by atoms with Gasteiger partial charge in [0.1, 0.15) is 0 Å². The second-order valence-electron chi connectivity index (χ2n) is 7.66. The molecule has 1 aromatic heterocycles. The number of carbonyl (C=O) groups is 1. The number of amides is 1. The molecule has 1 fully saturated rings. The Hall–Kier alpha value is -2.73. The van der Waals surface area contributed by atoms with Crippen molar-refractivity contribution in [1.29, 1.82) is 0 Å². The fourth-order valence-electron chi connectivity index (χ4n) is 3.68. The Morgan fingerprint density at radius 3 is 2.23 bits per heavy atom. The summed E-state index contributed by atoms with van der Waals surface area (Å²) >= 11 is 3.41. The highest BCUT2D eigenvalue weighted by Gasteiger charge is 2.14. The third kappa shape index (κ3) is 5.45. The number of nitrogens with one attached hydrogen (secondary N) is 2. The highest BCUT2D eigenvalue weighted by molar-refractivity contribution is 9.10. The van der Waals surface area contributed by atoms with Crippen molar-refractivity contribution >= 4 is 27.8 Å². The minimum Gasteiger partial charge on any atom is -0.351 e. The third-order valence-electron chi connectivity index (χ3n) is 5.44. The van der Waals surface area contributed by atoms with Crippen molar-refractivity contribution in [3.63, 3.8) is 0 Å². The van der Waals surface area contributed by atoms with Crippen LogP contribution in [0.4, 0.5) is 5.95 Å². The minimum atomic E-state index is -0.0900. The summed E-state index contributed by atoms with van der Waals surface area (Å²) in [5, 5.41) is 6.39. The summed E-state index contributed by atoms with van der Waals surface area (Å²) in [6, 6.07) is 15.9. The van der Waals surface area contributed by atoms with Crippen molar-refractivity contribution in [3.05, 3.63) is 76.5 Å². The van der Waals surface area contributed by atoms with E-state index in [1.807, 2.05) is 60.9 Å². The maximum atomic E-state index is 12.4. The summed E-state index contributed by atoms with van der Waals surface area (Å²) in [6.07, 6.45) is 9.93. The van der Waals surface area contributed by atoms with Gasteiger partial charge in [-0.15, -0.1) is 0 Å². The standard InChI is InChI=1S/C24H25BrN4O/c25-21-12-6-17(7-13-21)14-26-23(30)19-10-8-18(9-11-19)20-15-27-24(28-16-20)29-22-4-2-1-3-5-22/h6-13,15-16,22H,1-5,14H2,(H,26,30)(H,27,28,29). The Morgan fingerprint density at radius 2 is 1.57 bits per heavy atom. The van der Waals surface area contributed by atoms with Gasteiger partial charge in [0, 0.05) is 40.6 Å². The van der Waals surface area contributed by atoms with Crippen molar-refractivity contribution in [2.24, 2.45) is 0 Å². The fourth-order valence-corrected chi connectivity index (χ4v) is 3.95. The molecule has 6 heteroatoms. The molecule has 0 radical (unpaired) electrons. The van der Waals surface area contributed by atoms with Gasteiger partial charge in [0.15, 0.2) is 0 Å². The molecular weight excluding hydrogens is 440 g/mol. The zero-order chi connectivity index (χ0) is 20.8. The maximum absolute atomic E-state index is 12.4. The predicted molar refractivity (Wildman–Crippen MR) is 123 cm³/mol. The van der Waals surface area contributed by atoms with E-state index in [0.717, 1.165) is 21.2 Å². The lowest BCUT2D eigenvalue weighted by molar-refractivity contribution is 0.0951. The van der Waals surface area contributed by atoms with E-state index in [1.165, 1.54) is 32.1 Å². The van der Waals surface area contributed by atoms with E-state index >= 15 is 0 Å². The van der Waals surface area contributed by atoms with Crippen LogP contribution in [0.15, 0.2) is 65.4 Å². The van der Waals surface area contributed by atoms with E-state index < -0.39 is 0 Å². The summed E-state index contributed by atoms with van der Waals surface area (Å²) < 4.78 is 1.02. The molecule has 154 valence electrons. The molecule has 0 saturated heterocycles. The lowest BCUT2D eigenvalue weighted by Crippen LogP contribution is -2.23. The Kier molecular flexibility index (Phi) is 6.74. The van der Waals surface area contributed by atoms with Crippen LogP contribution in [-0.2, 0) is 6.54 Å². The lowest BCUT2D eigenvalue weighted by Gasteiger charge is -2.22. The predicted octanol–water partition coefficient (Wildman–Crippen LogP) is 5.58. The summed E-state index contributed by atoms with van der Waals surface area (Å²) in [6.45, 7) is 0.497. The van der Waals surface area contributed by atoms with Gasteiger partial charge in [-0.25, -0.2) is 9.97 Å². The highest BCUT2D eigenvalue weighted by Crippen LogP contribution is 2.22. The van der Waals surface area contributed by atoms with Crippen molar-refractivity contribution in [1.82, 2.24) is 15.3 Å². The van der Waals surface area contributed by atoms with Gasteiger partial charge in [-0.2, -0.15) is 0 Å². The molecule has 0 aliphatic heterocycles. The lowest BCUT2D eigenvalue weighted by atomic mass is 9.96. The van der Waals surface area contributed by atoms with Crippen LogP contribution in [0.3, 0.4) is 0 Å². The van der Waals surface area contributed by atoms with Gasteiger partial charge in [0.2, 0.25) is 5.95 Å². The molecule has 5 nitrogen and oxygen atoms in total. The number of carbonyl (C=O) groups excluding carboxylic acids is 1. The topological polar surface area (TPSA) is 66.9 Å². The Balaban J connectivity index is 1.34. The van der Waals surface area contributed by atoms with Gasteiger partial charge in [-0.3, -0.25) is 4.79 Å². The van der Waals surface area contributed by atoms with Gasteiger partial charge >= 0.3 is 0 Å². The quantitative estimate of drug-likeness (QED) is 0.499. The van der Waals surface area contributed by atoms with Gasteiger partial charge in [0.05, 0.1) is 0 Å². The van der Waals surface area contributed by atoms with E-state index in [2.05, 4.69) is 36.5 Å². The van der Waals surface area contributed by atoms with Crippen molar-refractivity contribution < 1.29 is 4.79 Å². The van der Waals surface area contributed by atoms with Crippen LogP contribution in [0.5, 0.6) is 0 Å². The van der Waals surface area contributed by atoms with E-state index in [-0.39, 0.29) is 5.91 Å². The second-order valence-corrected chi connectivity index (χ2v) is 8.58. The monoisotopic (exact) mass is 464 g/mol. The minimum absolute atomic E-state index is 0.0900. The summed E-state index contributed by atoms with van der Waals surface area (Å²) in [7, 11) is 0. The van der Waals surface area contributed by atoms with Crippen LogP contribution in [0.2, 0.25) is 0 Å². The normalized spacial score (nSPS) is 14.3. The molecule has 0 bridgehead atoms. The summed E-state index contributed by atoms with van der Waals surface area (Å²) in [4.78, 5) is 21.4. The number of aromatic nitrogens is 2. The SMILES string of the molecule is O=C(NCc1ccc(Br)cc1)c1ccc(-c2cnc(NC3CCCCC3)nc2)cc1. The third-order valence-corrected chi connectivity index (χ3v) is 5.97. The fraction of sp³-hybridized carbons (Fsp3) is 0.292. The second kappa shape index (κ2) is 9.85. The van der Waals surface area contributed by atoms with Crippen LogP contribution in [0.25, 0.3) is 11.1 Å². The Bertz CT molecular complexity index is 966. The van der Waals surface area contributed by atoms with E-state index in [0.29, 0.717) is 24.1 Å². The Morgan fingerprint density at radius 1 is 0.900 bits per heavy atom. The van der Waals surface area contributed by atoms with Gasteiger partial charge in [-0.05, 0) is 48.2 Å². The first-order valence-corrected chi connectivity index (χ1v) is 11.2. The summed E-state index contributed by atoms with van der Waals surface area (Å²) in [5.41, 5.74) is 3.62. The van der Waals surface area contributed by atoms with Gasteiger partial charge in [-0.1, -0.05) is 59.5 Å². The first-order chi connectivity index (χ1) is 14.7. The average Bonchev–Trinajstić information content (AvgIpc) is 2.80. The maximum Gasteiger partial charge on any atom is 0.251 e. The average molecular weight is 465 g/mol. The molecular formula is C24H25BrN4O. The van der Waals surface area contributed by atoms with Gasteiger partial charge < -0.3 is 10.6 Å². The van der Waals surface area contributed by atoms with Gasteiger partial charge in [0.25, 0.3) is 5.91 Å². The number of halogens is 1. The number of nitrogens with zero attached hydrogens (tertiary/aromatic N) is 2. The smallest absolute Gasteiger partial charge is 0.251 e. The van der Waals surface area contributed by atoms with Crippen LogP contribution in [0.1, 0.15) is 48.0 Å². The van der Waals surface area contributed by atoms with Crippen molar-refractivity contribution in [2.75, 3.05) is 5.32 Å². The highest BCUT2D eigenvalue weighted by atomic mass is 79.9. The van der Waals surface area contributed by atoms with Crippen LogP contribution in [-0.4, -0.2) is 21.9 Å². The van der Waals surface area contributed by atoms with Crippen LogP contribution in [0, 0.1) is 0 Å². The largest absolute Gasteiger partial charge is 0.351 e. The van der Waals surface area contributed by atoms with Crippen molar-refractivity contribution in [3.8, 4) is 11.1 Å². The molecule has 0 unspecified atom stereocenters. The molecule has 0 atom stereocenters. The van der Waals surface area contributed by atoms with Crippen LogP contribution < -0.4 is 10.6 Å². The molecule has 1 aliphatic carbocycles. The first-order valence-electron chi connectivity index (χ1n) is 10.4. The van der Waals surface area contributed by atoms with Crippen LogP contribution >= 0.6 is 15.9 Å². The molecule has 1 heterocycles. The molecule has 1 aliphatic rings. The number of benzene rings is 2. The molecule has 1 saturated carbocycles. The molecule has 3 aromatic rings. The van der Waals surface area contributed by atoms with Crippen molar-refractivity contribution in [2.45, 2.75) is 44.7 Å². The van der Waals surface area contributed by atoms with E-state index in [4.69, 9.17) is 0 Å². The molecule has 0 spiro atoms. The summed E-state index contributed by atoms with van der Waals surface area (Å²) in [5.74, 6) is 0.599. The number of anilines is 1. The molecule has 4 rings (SSSR count).